The summed E-state index contributed by atoms with van der Waals surface area (Å²) in [7, 11) is 1.98. The average molecular weight is 283 g/mol. The summed E-state index contributed by atoms with van der Waals surface area (Å²) in [6.45, 7) is 16.6. The molecule has 0 spiro atoms. The van der Waals surface area contributed by atoms with Crippen LogP contribution in [0.3, 0.4) is 0 Å². The Hall–Kier alpha value is -0.500. The van der Waals surface area contributed by atoms with Crippen molar-refractivity contribution in [2.24, 2.45) is 11.8 Å². The van der Waals surface area contributed by atoms with Crippen LogP contribution in [0.25, 0.3) is 0 Å². The predicted molar refractivity (Wildman–Crippen MR) is 92.0 cm³/mol. The van der Waals surface area contributed by atoms with E-state index in [1.54, 1.807) is 0 Å². The van der Waals surface area contributed by atoms with E-state index in [0.29, 0.717) is 0 Å². The molecule has 1 heterocycles. The Bertz CT molecular complexity index is 228. The minimum atomic E-state index is 0.858. The molecule has 0 radical (unpaired) electrons. The molecular formula is C18H38N2. The summed E-state index contributed by atoms with van der Waals surface area (Å²) in [6, 6.07) is 0. The highest BCUT2D eigenvalue weighted by atomic mass is 15.1. The number of hydrogen-bond donors (Lipinski definition) is 1. The van der Waals surface area contributed by atoms with Gasteiger partial charge in [0.05, 0.1) is 0 Å². The van der Waals surface area contributed by atoms with Crippen molar-refractivity contribution < 1.29 is 0 Å². The summed E-state index contributed by atoms with van der Waals surface area (Å²) in [5.74, 6) is 1.72. The third-order valence-corrected chi connectivity index (χ3v) is 4.10. The van der Waals surface area contributed by atoms with E-state index in [9.17, 15) is 0 Å². The van der Waals surface area contributed by atoms with Crippen LogP contribution in [0, 0.1) is 11.8 Å². The van der Waals surface area contributed by atoms with Crippen molar-refractivity contribution >= 4 is 0 Å². The smallest absolute Gasteiger partial charge is 0.00338 e. The molecule has 20 heavy (non-hydrogen) atoms. The number of hydrogen-bond acceptors (Lipinski definition) is 2. The largest absolute Gasteiger partial charge is 0.392 e. The molecule has 0 aromatic heterocycles. The van der Waals surface area contributed by atoms with Gasteiger partial charge in [-0.05, 0) is 57.2 Å². The first-order chi connectivity index (χ1) is 9.61. The zero-order chi connectivity index (χ0) is 15.4. The summed E-state index contributed by atoms with van der Waals surface area (Å²) < 4.78 is 0. The second-order valence-electron chi connectivity index (χ2n) is 6.23. The number of unbranched alkanes of at least 4 members (excludes halogenated alkanes) is 1. The molecule has 0 aliphatic carbocycles. The number of nitrogens with zero attached hydrogens (tertiary/aromatic N) is 1. The molecule has 2 heteroatoms. The maximum atomic E-state index is 4.04. The van der Waals surface area contributed by atoms with Crippen LogP contribution in [-0.4, -0.2) is 31.6 Å². The molecule has 1 N–H and O–H groups in total. The van der Waals surface area contributed by atoms with Gasteiger partial charge in [0.25, 0.3) is 0 Å². The van der Waals surface area contributed by atoms with Gasteiger partial charge in [-0.3, -0.25) is 0 Å². The molecule has 0 atom stereocenters. The van der Waals surface area contributed by atoms with E-state index in [-0.39, 0.29) is 0 Å². The Morgan fingerprint density at radius 1 is 1.20 bits per heavy atom. The van der Waals surface area contributed by atoms with E-state index in [0.717, 1.165) is 18.3 Å². The van der Waals surface area contributed by atoms with Gasteiger partial charge in [0.15, 0.2) is 0 Å². The molecule has 0 saturated carbocycles. The summed E-state index contributed by atoms with van der Waals surface area (Å²) in [5.41, 5.74) is 1.20. The predicted octanol–water partition coefficient (Wildman–Crippen LogP) is 4.67. The molecule has 1 saturated heterocycles. The van der Waals surface area contributed by atoms with E-state index in [1.165, 1.54) is 57.4 Å². The first-order valence-electron chi connectivity index (χ1n) is 8.69. The number of rotatable bonds is 8. The monoisotopic (exact) mass is 282 g/mol. The van der Waals surface area contributed by atoms with Crippen molar-refractivity contribution in [1.29, 1.82) is 0 Å². The first kappa shape index (κ1) is 19.5. The Balaban J connectivity index is 0.00000172. The highest BCUT2D eigenvalue weighted by Gasteiger charge is 2.19. The van der Waals surface area contributed by atoms with Crippen molar-refractivity contribution in [2.75, 3.05) is 26.7 Å². The molecular weight excluding hydrogens is 244 g/mol. The number of allylic oxidation sites excluding steroid dienone is 1. The molecule has 1 aliphatic rings. The maximum Gasteiger partial charge on any atom is 0.00338 e. The second-order valence-corrected chi connectivity index (χ2v) is 6.23. The molecule has 0 bridgehead atoms. The third-order valence-electron chi connectivity index (χ3n) is 4.10. The van der Waals surface area contributed by atoms with Crippen molar-refractivity contribution in [2.45, 2.75) is 66.2 Å². The molecule has 1 rings (SSSR count). The Morgan fingerprint density at radius 2 is 1.80 bits per heavy atom. The molecule has 1 fully saturated rings. The van der Waals surface area contributed by atoms with Gasteiger partial charge < -0.3 is 10.2 Å². The topological polar surface area (TPSA) is 15.3 Å². The van der Waals surface area contributed by atoms with Crippen LogP contribution in [0.15, 0.2) is 12.3 Å². The second kappa shape index (κ2) is 12.3. The van der Waals surface area contributed by atoms with Gasteiger partial charge in [0.1, 0.15) is 0 Å². The Kier molecular flexibility index (Phi) is 12.0. The van der Waals surface area contributed by atoms with Crippen molar-refractivity contribution in [1.82, 2.24) is 10.2 Å². The van der Waals surface area contributed by atoms with Crippen LogP contribution in [0.1, 0.15) is 66.2 Å². The lowest BCUT2D eigenvalue weighted by Gasteiger charge is -2.32. The van der Waals surface area contributed by atoms with Crippen LogP contribution in [0.2, 0.25) is 0 Å². The fraction of sp³-hybridized carbons (Fsp3) is 0.889. The molecule has 0 aromatic carbocycles. The van der Waals surface area contributed by atoms with Crippen molar-refractivity contribution in [3.63, 3.8) is 0 Å². The van der Waals surface area contributed by atoms with E-state index < -0.39 is 0 Å². The van der Waals surface area contributed by atoms with Gasteiger partial charge in [-0.15, -0.1) is 0 Å². The van der Waals surface area contributed by atoms with Gasteiger partial charge in [-0.2, -0.15) is 0 Å². The van der Waals surface area contributed by atoms with E-state index in [2.05, 4.69) is 30.6 Å². The van der Waals surface area contributed by atoms with Crippen LogP contribution < -0.4 is 5.32 Å². The Labute approximate surface area is 128 Å². The van der Waals surface area contributed by atoms with Crippen LogP contribution in [0.4, 0.5) is 0 Å². The van der Waals surface area contributed by atoms with Crippen molar-refractivity contribution in [3.05, 3.63) is 12.3 Å². The molecule has 0 aromatic rings. The number of piperidine rings is 1. The zero-order valence-corrected chi connectivity index (χ0v) is 14.7. The summed E-state index contributed by atoms with van der Waals surface area (Å²) >= 11 is 0. The van der Waals surface area contributed by atoms with Gasteiger partial charge in [0, 0.05) is 12.7 Å². The fourth-order valence-corrected chi connectivity index (χ4v) is 2.75. The van der Waals surface area contributed by atoms with Gasteiger partial charge >= 0.3 is 0 Å². The number of likely N-dealkylation sites (tertiary alicyclic amines) is 1. The minimum absolute atomic E-state index is 0.858. The van der Waals surface area contributed by atoms with Crippen LogP contribution in [0.5, 0.6) is 0 Å². The van der Waals surface area contributed by atoms with Gasteiger partial charge in [0.2, 0.25) is 0 Å². The first-order valence-corrected chi connectivity index (χ1v) is 8.69. The summed E-state index contributed by atoms with van der Waals surface area (Å²) in [5, 5.41) is 3.17. The standard InChI is InChI=1S/C16H32N2.C2H6/c1-14(2)7-5-6-10-18-11-8-16(9-12-18)13-15(3)17-4;1-2/h14,16-17H,3,5-13H2,1-2,4H3;1-2H3. The SMILES string of the molecule is C=C(CC1CCN(CCCCC(C)C)CC1)NC.CC. The lowest BCUT2D eigenvalue weighted by atomic mass is 9.92. The zero-order valence-electron chi connectivity index (χ0n) is 14.7. The average Bonchev–Trinajstić information content (AvgIpc) is 2.47. The molecule has 0 unspecified atom stereocenters. The third kappa shape index (κ3) is 9.41. The quantitative estimate of drug-likeness (QED) is 0.651. The minimum Gasteiger partial charge on any atom is -0.392 e. The van der Waals surface area contributed by atoms with E-state index >= 15 is 0 Å². The maximum absolute atomic E-state index is 4.04. The highest BCUT2D eigenvalue weighted by Crippen LogP contribution is 2.22. The van der Waals surface area contributed by atoms with E-state index in [1.807, 2.05) is 20.9 Å². The summed E-state index contributed by atoms with van der Waals surface area (Å²) in [4.78, 5) is 2.65. The fourth-order valence-electron chi connectivity index (χ4n) is 2.75. The highest BCUT2D eigenvalue weighted by molar-refractivity contribution is 4.92. The molecule has 0 amide bonds. The van der Waals surface area contributed by atoms with Gasteiger partial charge in [-0.1, -0.05) is 47.1 Å². The van der Waals surface area contributed by atoms with Gasteiger partial charge in [-0.25, -0.2) is 0 Å². The molecule has 120 valence electrons. The molecule has 1 aliphatic heterocycles. The summed E-state index contributed by atoms with van der Waals surface area (Å²) in [6.07, 6.45) is 8.03. The Morgan fingerprint density at radius 3 is 2.30 bits per heavy atom. The lowest BCUT2D eigenvalue weighted by molar-refractivity contribution is 0.179. The van der Waals surface area contributed by atoms with Crippen molar-refractivity contribution in [3.8, 4) is 0 Å². The normalized spacial score (nSPS) is 16.7. The number of nitrogens with one attached hydrogen (secondary N) is 1. The lowest BCUT2D eigenvalue weighted by Crippen LogP contribution is -2.34. The van der Waals surface area contributed by atoms with Crippen LogP contribution in [-0.2, 0) is 0 Å². The molecule has 2 nitrogen and oxygen atoms in total. The van der Waals surface area contributed by atoms with Crippen LogP contribution >= 0.6 is 0 Å². The van der Waals surface area contributed by atoms with E-state index in [4.69, 9.17) is 0 Å².